The molecule has 1 aromatic heterocycles. The van der Waals surface area contributed by atoms with E-state index in [9.17, 15) is 9.18 Å². The molecule has 0 radical (unpaired) electrons. The maximum Gasteiger partial charge on any atom is 0.242 e. The minimum absolute atomic E-state index is 0.0376. The number of nitrogens with zero attached hydrogens (tertiary/aromatic N) is 3. The van der Waals surface area contributed by atoms with Crippen molar-refractivity contribution < 1.29 is 9.18 Å². The second-order valence-electron chi connectivity index (χ2n) is 10.3. The fourth-order valence-electron chi connectivity index (χ4n) is 5.23. The molecule has 2 N–H and O–H groups in total. The van der Waals surface area contributed by atoms with Crippen molar-refractivity contribution in [2.75, 3.05) is 25.0 Å². The van der Waals surface area contributed by atoms with Crippen molar-refractivity contribution in [1.82, 2.24) is 19.8 Å². The molecule has 1 fully saturated rings. The molecular weight excluding hydrogens is 417 g/mol. The van der Waals surface area contributed by atoms with E-state index in [-0.39, 0.29) is 29.3 Å². The summed E-state index contributed by atoms with van der Waals surface area (Å²) in [6.07, 6.45) is 10.6. The van der Waals surface area contributed by atoms with Gasteiger partial charge in [-0.2, -0.15) is 0 Å². The molecule has 1 aliphatic carbocycles. The van der Waals surface area contributed by atoms with Gasteiger partial charge in [-0.1, -0.05) is 19.4 Å². The average Bonchev–Trinajstić information content (AvgIpc) is 3.46. The van der Waals surface area contributed by atoms with E-state index in [0.717, 1.165) is 57.3 Å². The number of hydrogen-bond donors (Lipinski definition) is 2. The summed E-state index contributed by atoms with van der Waals surface area (Å²) in [6.45, 7) is 9.82. The molecule has 1 aromatic carbocycles. The Morgan fingerprint density at radius 2 is 2.06 bits per heavy atom. The molecule has 0 saturated carbocycles. The number of aromatic nitrogens is 2. The number of benzene rings is 1. The molecule has 33 heavy (non-hydrogen) atoms. The number of carbonyl (C=O) groups excluding carboxylic acids is 1. The standard InChI is InChI=1S/C26H38FN5O/c1-4-7-23(29-22-11-9-19-14-21(27)10-8-20(19)15-22)25(33)30-24-16-32(18-28-24)26(2,3)17-31-12-5-6-13-31/h8,10,14,16,18,22-23,29H,4-7,9,11-13,15,17H2,1-3H3,(H,30,33)/t22?,23-/m0/s1. The van der Waals surface area contributed by atoms with Crippen molar-refractivity contribution in [3.8, 4) is 0 Å². The highest BCUT2D eigenvalue weighted by Gasteiger charge is 2.28. The molecular formula is C26H38FN5O. The summed E-state index contributed by atoms with van der Waals surface area (Å²) in [4.78, 5) is 20.1. The molecule has 1 saturated heterocycles. The van der Waals surface area contributed by atoms with Crippen LogP contribution in [0.2, 0.25) is 0 Å². The number of imidazole rings is 1. The summed E-state index contributed by atoms with van der Waals surface area (Å²) in [7, 11) is 0. The van der Waals surface area contributed by atoms with Crippen molar-refractivity contribution in [2.24, 2.45) is 0 Å². The van der Waals surface area contributed by atoms with Crippen LogP contribution < -0.4 is 10.6 Å². The summed E-state index contributed by atoms with van der Waals surface area (Å²) < 4.78 is 15.6. The van der Waals surface area contributed by atoms with Gasteiger partial charge in [0, 0.05) is 18.8 Å². The first-order valence-corrected chi connectivity index (χ1v) is 12.4. The van der Waals surface area contributed by atoms with Gasteiger partial charge in [-0.15, -0.1) is 0 Å². The topological polar surface area (TPSA) is 62.2 Å². The van der Waals surface area contributed by atoms with Crippen molar-refractivity contribution >= 4 is 11.7 Å². The molecule has 0 spiro atoms. The van der Waals surface area contributed by atoms with Crippen LogP contribution in [0.5, 0.6) is 0 Å². The van der Waals surface area contributed by atoms with E-state index in [1.54, 1.807) is 6.07 Å². The van der Waals surface area contributed by atoms with E-state index in [0.29, 0.717) is 5.82 Å². The fourth-order valence-corrected chi connectivity index (χ4v) is 5.23. The Morgan fingerprint density at radius 1 is 1.27 bits per heavy atom. The zero-order valence-electron chi connectivity index (χ0n) is 20.2. The SMILES string of the molecule is CCC[C@H](NC1CCc2cc(F)ccc2C1)C(=O)Nc1cn(C(C)(C)CN2CCCC2)cn1. The largest absolute Gasteiger partial charge is 0.328 e. The minimum atomic E-state index is -0.273. The third-order valence-electron chi connectivity index (χ3n) is 7.07. The lowest BCUT2D eigenvalue weighted by molar-refractivity contribution is -0.118. The third-order valence-corrected chi connectivity index (χ3v) is 7.07. The highest BCUT2D eigenvalue weighted by Crippen LogP contribution is 2.24. The first-order chi connectivity index (χ1) is 15.8. The lowest BCUT2D eigenvalue weighted by Crippen LogP contribution is -2.47. The number of rotatable bonds is 9. The van der Waals surface area contributed by atoms with Gasteiger partial charge in [-0.3, -0.25) is 4.79 Å². The number of fused-ring (bicyclic) bond motifs is 1. The van der Waals surface area contributed by atoms with Gasteiger partial charge in [0.25, 0.3) is 0 Å². The molecule has 1 aliphatic heterocycles. The number of hydrogen-bond acceptors (Lipinski definition) is 4. The first kappa shape index (κ1) is 23.9. The third kappa shape index (κ3) is 6.01. The predicted octanol–water partition coefficient (Wildman–Crippen LogP) is 4.11. The average molecular weight is 456 g/mol. The summed E-state index contributed by atoms with van der Waals surface area (Å²) in [5.41, 5.74) is 2.18. The molecule has 4 rings (SSSR count). The molecule has 2 atom stereocenters. The number of nitrogens with one attached hydrogen (secondary N) is 2. The molecule has 2 heterocycles. The van der Waals surface area contributed by atoms with Crippen LogP contribution in [0.4, 0.5) is 10.2 Å². The van der Waals surface area contributed by atoms with E-state index in [1.165, 1.54) is 24.5 Å². The monoisotopic (exact) mass is 455 g/mol. The van der Waals surface area contributed by atoms with Gasteiger partial charge in [0.1, 0.15) is 5.82 Å². The van der Waals surface area contributed by atoms with E-state index in [4.69, 9.17) is 0 Å². The summed E-state index contributed by atoms with van der Waals surface area (Å²) in [6, 6.07) is 4.98. The van der Waals surface area contributed by atoms with Crippen molar-refractivity contribution in [3.63, 3.8) is 0 Å². The summed E-state index contributed by atoms with van der Waals surface area (Å²) in [5.74, 6) is 0.387. The predicted molar refractivity (Wildman–Crippen MR) is 130 cm³/mol. The molecule has 2 aromatic rings. The van der Waals surface area contributed by atoms with Gasteiger partial charge in [0.2, 0.25) is 5.91 Å². The van der Waals surface area contributed by atoms with Crippen LogP contribution in [-0.2, 0) is 23.2 Å². The summed E-state index contributed by atoms with van der Waals surface area (Å²) in [5, 5.41) is 6.60. The van der Waals surface area contributed by atoms with Gasteiger partial charge in [0.15, 0.2) is 5.82 Å². The van der Waals surface area contributed by atoms with E-state index in [1.807, 2.05) is 18.6 Å². The van der Waals surface area contributed by atoms with E-state index >= 15 is 0 Å². The Balaban J connectivity index is 1.36. The Hall–Kier alpha value is -2.25. The van der Waals surface area contributed by atoms with Crippen LogP contribution in [0.25, 0.3) is 0 Å². The van der Waals surface area contributed by atoms with E-state index in [2.05, 4.69) is 45.9 Å². The number of amides is 1. The fraction of sp³-hybridized carbons (Fsp3) is 0.615. The molecule has 7 heteroatoms. The van der Waals surface area contributed by atoms with Crippen molar-refractivity contribution in [2.45, 2.75) is 83.3 Å². The Labute approximate surface area is 197 Å². The van der Waals surface area contributed by atoms with Crippen LogP contribution in [0.3, 0.4) is 0 Å². The van der Waals surface area contributed by atoms with Gasteiger partial charge in [-0.05, 0) is 88.7 Å². The maximum atomic E-state index is 13.5. The van der Waals surface area contributed by atoms with Gasteiger partial charge in [0.05, 0.1) is 17.9 Å². The molecule has 1 unspecified atom stereocenters. The maximum absolute atomic E-state index is 13.5. The zero-order valence-corrected chi connectivity index (χ0v) is 20.2. The van der Waals surface area contributed by atoms with Crippen molar-refractivity contribution in [3.05, 3.63) is 47.7 Å². The van der Waals surface area contributed by atoms with Crippen LogP contribution in [0.15, 0.2) is 30.7 Å². The highest BCUT2D eigenvalue weighted by atomic mass is 19.1. The molecule has 2 aliphatic rings. The van der Waals surface area contributed by atoms with Crippen LogP contribution >= 0.6 is 0 Å². The first-order valence-electron chi connectivity index (χ1n) is 12.4. The summed E-state index contributed by atoms with van der Waals surface area (Å²) >= 11 is 0. The minimum Gasteiger partial charge on any atom is -0.328 e. The number of anilines is 1. The van der Waals surface area contributed by atoms with Gasteiger partial charge in [-0.25, -0.2) is 9.37 Å². The number of carbonyl (C=O) groups is 1. The van der Waals surface area contributed by atoms with Crippen molar-refractivity contribution in [1.29, 1.82) is 0 Å². The van der Waals surface area contributed by atoms with Crippen LogP contribution in [0.1, 0.15) is 64.0 Å². The Bertz CT molecular complexity index is 950. The Kier molecular flexibility index (Phi) is 7.49. The number of likely N-dealkylation sites (tertiary alicyclic amines) is 1. The van der Waals surface area contributed by atoms with Gasteiger partial charge < -0.3 is 20.1 Å². The highest BCUT2D eigenvalue weighted by molar-refractivity contribution is 5.94. The smallest absolute Gasteiger partial charge is 0.242 e. The second-order valence-corrected chi connectivity index (χ2v) is 10.3. The number of aryl methyl sites for hydroxylation is 1. The molecule has 180 valence electrons. The Morgan fingerprint density at radius 3 is 2.82 bits per heavy atom. The lowest BCUT2D eigenvalue weighted by Gasteiger charge is -2.31. The molecule has 6 nitrogen and oxygen atoms in total. The van der Waals surface area contributed by atoms with Crippen LogP contribution in [0, 0.1) is 5.82 Å². The lowest BCUT2D eigenvalue weighted by atomic mass is 9.87. The normalized spacial score (nSPS) is 19.9. The van der Waals surface area contributed by atoms with E-state index < -0.39 is 0 Å². The van der Waals surface area contributed by atoms with Gasteiger partial charge >= 0.3 is 0 Å². The quantitative estimate of drug-likeness (QED) is 0.597. The van der Waals surface area contributed by atoms with Crippen LogP contribution in [-0.4, -0.2) is 52.1 Å². The zero-order chi connectivity index (χ0) is 23.4. The second kappa shape index (κ2) is 10.3. The number of halogens is 1. The molecule has 1 amide bonds. The molecule has 0 bridgehead atoms.